The maximum Gasteiger partial charge on any atom is 0.162 e. The Kier molecular flexibility index (Phi) is 2.80. The molecule has 0 aliphatic carbocycles. The Bertz CT molecular complexity index is 831. The zero-order valence-electron chi connectivity index (χ0n) is 10.4. The molecule has 0 aliphatic rings. The van der Waals surface area contributed by atoms with Crippen LogP contribution in [0.4, 0.5) is 10.2 Å². The van der Waals surface area contributed by atoms with Crippen LogP contribution < -0.4 is 5.73 Å². The molecule has 0 atom stereocenters. The minimum atomic E-state index is -0.282. The predicted molar refractivity (Wildman–Crippen MR) is 72.2 cm³/mol. The number of nitrogen functional groups attached to an aromatic ring is 1. The zero-order valence-corrected chi connectivity index (χ0v) is 10.4. The van der Waals surface area contributed by atoms with Crippen LogP contribution in [0.3, 0.4) is 0 Å². The topological polar surface area (TPSA) is 80.5 Å². The number of aromatic nitrogens is 3. The van der Waals surface area contributed by atoms with Crippen molar-refractivity contribution in [3.8, 4) is 6.07 Å². The SMILES string of the molecule is N#Cc1cc2ncn(Cc3ccccc3F)c2nc1N. The average Bonchev–Trinajstić information content (AvgIpc) is 2.83. The van der Waals surface area contributed by atoms with Crippen LogP contribution in [0.25, 0.3) is 11.2 Å². The van der Waals surface area contributed by atoms with E-state index in [0.717, 1.165) is 0 Å². The lowest BCUT2D eigenvalue weighted by Crippen LogP contribution is -2.03. The van der Waals surface area contributed by atoms with Gasteiger partial charge in [0, 0.05) is 5.56 Å². The molecule has 3 rings (SSSR count). The fourth-order valence-corrected chi connectivity index (χ4v) is 2.02. The molecule has 0 saturated carbocycles. The molecule has 0 saturated heterocycles. The van der Waals surface area contributed by atoms with Crippen molar-refractivity contribution in [3.63, 3.8) is 0 Å². The second kappa shape index (κ2) is 4.63. The van der Waals surface area contributed by atoms with E-state index in [-0.39, 0.29) is 17.2 Å². The van der Waals surface area contributed by atoms with Crippen LogP contribution in [0.2, 0.25) is 0 Å². The highest BCUT2D eigenvalue weighted by atomic mass is 19.1. The molecule has 0 fully saturated rings. The number of nitrogens with two attached hydrogens (primary N) is 1. The van der Waals surface area contributed by atoms with E-state index in [1.165, 1.54) is 6.07 Å². The van der Waals surface area contributed by atoms with Crippen molar-refractivity contribution in [3.05, 3.63) is 53.6 Å². The Morgan fingerprint density at radius 1 is 1.35 bits per heavy atom. The Balaban J connectivity index is 2.08. The molecule has 0 aliphatic heterocycles. The summed E-state index contributed by atoms with van der Waals surface area (Å²) in [6, 6.07) is 10.1. The molecule has 3 aromatic rings. The van der Waals surface area contributed by atoms with Gasteiger partial charge in [-0.25, -0.2) is 14.4 Å². The lowest BCUT2D eigenvalue weighted by Gasteiger charge is -2.05. The molecule has 2 heterocycles. The van der Waals surface area contributed by atoms with Crippen LogP contribution in [-0.4, -0.2) is 14.5 Å². The van der Waals surface area contributed by atoms with E-state index in [1.54, 1.807) is 35.2 Å². The number of hydrogen-bond donors (Lipinski definition) is 1. The van der Waals surface area contributed by atoms with Gasteiger partial charge >= 0.3 is 0 Å². The molecule has 0 amide bonds. The fraction of sp³-hybridized carbons (Fsp3) is 0.0714. The summed E-state index contributed by atoms with van der Waals surface area (Å²) in [5, 5.41) is 8.90. The largest absolute Gasteiger partial charge is 0.383 e. The highest BCUT2D eigenvalue weighted by Crippen LogP contribution is 2.18. The smallest absolute Gasteiger partial charge is 0.162 e. The molecule has 5 nitrogen and oxygen atoms in total. The van der Waals surface area contributed by atoms with Crippen LogP contribution >= 0.6 is 0 Å². The number of hydrogen-bond acceptors (Lipinski definition) is 4. The van der Waals surface area contributed by atoms with Gasteiger partial charge in [-0.15, -0.1) is 0 Å². The second-order valence-corrected chi connectivity index (χ2v) is 4.34. The molecule has 98 valence electrons. The third kappa shape index (κ3) is 1.95. The zero-order chi connectivity index (χ0) is 14.1. The van der Waals surface area contributed by atoms with E-state index in [0.29, 0.717) is 23.3 Å². The quantitative estimate of drug-likeness (QED) is 0.770. The van der Waals surface area contributed by atoms with E-state index in [1.807, 2.05) is 6.07 Å². The van der Waals surface area contributed by atoms with Crippen LogP contribution in [0.15, 0.2) is 36.7 Å². The fourth-order valence-electron chi connectivity index (χ4n) is 2.02. The van der Waals surface area contributed by atoms with Crippen LogP contribution in [0.5, 0.6) is 0 Å². The number of pyridine rings is 1. The van der Waals surface area contributed by atoms with Crippen molar-refractivity contribution in [2.24, 2.45) is 0 Å². The third-order valence-corrected chi connectivity index (χ3v) is 3.04. The molecular weight excluding hydrogens is 257 g/mol. The first-order valence-electron chi connectivity index (χ1n) is 5.94. The number of imidazole rings is 1. The standard InChI is InChI=1S/C14H10FN5/c15-11-4-2-1-3-9(11)7-20-8-18-12-5-10(6-16)13(17)19-14(12)20/h1-5,8H,7H2,(H2,17,19). The maximum atomic E-state index is 13.7. The number of nitriles is 1. The van der Waals surface area contributed by atoms with Gasteiger partial charge in [-0.3, -0.25) is 0 Å². The van der Waals surface area contributed by atoms with Crippen LogP contribution in [0, 0.1) is 17.1 Å². The maximum absolute atomic E-state index is 13.7. The minimum Gasteiger partial charge on any atom is -0.383 e. The number of fused-ring (bicyclic) bond motifs is 1. The summed E-state index contributed by atoms with van der Waals surface area (Å²) < 4.78 is 15.4. The van der Waals surface area contributed by atoms with Gasteiger partial charge in [0.05, 0.1) is 18.4 Å². The van der Waals surface area contributed by atoms with Crippen molar-refractivity contribution in [2.45, 2.75) is 6.54 Å². The summed E-state index contributed by atoms with van der Waals surface area (Å²) in [6.07, 6.45) is 1.56. The average molecular weight is 267 g/mol. The molecule has 2 aromatic heterocycles. The third-order valence-electron chi connectivity index (χ3n) is 3.04. The van der Waals surface area contributed by atoms with Gasteiger partial charge < -0.3 is 10.3 Å². The lowest BCUT2D eigenvalue weighted by atomic mass is 10.2. The summed E-state index contributed by atoms with van der Waals surface area (Å²) in [4.78, 5) is 8.33. The normalized spacial score (nSPS) is 10.6. The lowest BCUT2D eigenvalue weighted by molar-refractivity contribution is 0.601. The molecule has 2 N–H and O–H groups in total. The van der Waals surface area contributed by atoms with E-state index >= 15 is 0 Å². The van der Waals surface area contributed by atoms with Gasteiger partial charge in [0.25, 0.3) is 0 Å². The predicted octanol–water partition coefficient (Wildman–Crippen LogP) is 2.07. The summed E-state index contributed by atoms with van der Waals surface area (Å²) in [7, 11) is 0. The van der Waals surface area contributed by atoms with E-state index < -0.39 is 0 Å². The number of rotatable bonds is 2. The highest BCUT2D eigenvalue weighted by molar-refractivity contribution is 5.76. The first-order valence-corrected chi connectivity index (χ1v) is 5.94. The van der Waals surface area contributed by atoms with Crippen molar-refractivity contribution in [2.75, 3.05) is 5.73 Å². The van der Waals surface area contributed by atoms with Crippen LogP contribution in [-0.2, 0) is 6.54 Å². The second-order valence-electron chi connectivity index (χ2n) is 4.34. The van der Waals surface area contributed by atoms with Crippen molar-refractivity contribution in [1.29, 1.82) is 5.26 Å². The Hall–Kier alpha value is -2.94. The van der Waals surface area contributed by atoms with E-state index in [4.69, 9.17) is 11.0 Å². The number of anilines is 1. The molecule has 1 aromatic carbocycles. The molecular formula is C14H10FN5. The molecule has 0 radical (unpaired) electrons. The van der Waals surface area contributed by atoms with Gasteiger partial charge in [-0.2, -0.15) is 5.26 Å². The number of benzene rings is 1. The van der Waals surface area contributed by atoms with Gasteiger partial charge in [-0.05, 0) is 12.1 Å². The van der Waals surface area contributed by atoms with Gasteiger partial charge in [-0.1, -0.05) is 18.2 Å². The first kappa shape index (κ1) is 12.1. The van der Waals surface area contributed by atoms with Crippen LogP contribution in [0.1, 0.15) is 11.1 Å². The molecule has 0 unspecified atom stereocenters. The van der Waals surface area contributed by atoms with Crippen molar-refractivity contribution in [1.82, 2.24) is 14.5 Å². The summed E-state index contributed by atoms with van der Waals surface area (Å²) in [6.45, 7) is 0.307. The van der Waals surface area contributed by atoms with Crippen molar-refractivity contribution < 1.29 is 4.39 Å². The first-order chi connectivity index (χ1) is 9.69. The number of halogens is 1. The molecule has 20 heavy (non-hydrogen) atoms. The van der Waals surface area contributed by atoms with Gasteiger partial charge in [0.1, 0.15) is 23.2 Å². The van der Waals surface area contributed by atoms with E-state index in [9.17, 15) is 4.39 Å². The number of nitrogens with zero attached hydrogens (tertiary/aromatic N) is 4. The highest BCUT2D eigenvalue weighted by Gasteiger charge is 2.10. The molecule has 0 bridgehead atoms. The monoisotopic (exact) mass is 267 g/mol. The Morgan fingerprint density at radius 3 is 2.90 bits per heavy atom. The summed E-state index contributed by atoms with van der Waals surface area (Å²) >= 11 is 0. The molecule has 0 spiro atoms. The Labute approximate surface area is 114 Å². The summed E-state index contributed by atoms with van der Waals surface area (Å²) in [5.74, 6) is -0.133. The van der Waals surface area contributed by atoms with Gasteiger partial charge in [0.2, 0.25) is 0 Å². The van der Waals surface area contributed by atoms with Crippen molar-refractivity contribution >= 4 is 17.0 Å². The summed E-state index contributed by atoms with van der Waals surface area (Å²) in [5.41, 5.74) is 7.62. The van der Waals surface area contributed by atoms with E-state index in [2.05, 4.69) is 9.97 Å². The molecule has 6 heteroatoms. The minimum absolute atomic E-state index is 0.148. The Morgan fingerprint density at radius 2 is 2.15 bits per heavy atom. The van der Waals surface area contributed by atoms with Gasteiger partial charge in [0.15, 0.2) is 5.65 Å².